The van der Waals surface area contributed by atoms with Gasteiger partial charge in [0.1, 0.15) is 0 Å². The number of nitrogens with zero attached hydrogens (tertiary/aromatic N) is 4. The number of imide groups is 1. The van der Waals surface area contributed by atoms with Crippen molar-refractivity contribution in [3.63, 3.8) is 0 Å². The molecule has 6 rings (SSSR count). The second-order valence-electron chi connectivity index (χ2n) is 8.77. The minimum absolute atomic E-state index is 0.0624. The Hall–Kier alpha value is -3.75. The highest BCUT2D eigenvalue weighted by molar-refractivity contribution is 6.15. The lowest BCUT2D eigenvalue weighted by atomic mass is 10.1. The Morgan fingerprint density at radius 3 is 2.47 bits per heavy atom. The fraction of sp³-hybridized carbons (Fsp3) is 0.348. The third-order valence-electron chi connectivity index (χ3n) is 6.21. The van der Waals surface area contributed by atoms with Gasteiger partial charge in [-0.15, -0.1) is 0 Å². The van der Waals surface area contributed by atoms with Gasteiger partial charge in [0, 0.05) is 22.9 Å². The highest BCUT2D eigenvalue weighted by Gasteiger charge is 2.42. The number of carbonyl (C=O) groups excluding carboxylic acids is 2. The lowest BCUT2D eigenvalue weighted by Crippen LogP contribution is -2.26. The van der Waals surface area contributed by atoms with Crippen LogP contribution in [0.2, 0.25) is 0 Å². The van der Waals surface area contributed by atoms with Gasteiger partial charge in [0.15, 0.2) is 5.65 Å². The van der Waals surface area contributed by atoms with Gasteiger partial charge >= 0.3 is 0 Å². The Labute approximate surface area is 184 Å². The van der Waals surface area contributed by atoms with Crippen LogP contribution in [0.25, 0.3) is 11.7 Å². The number of aromatic nitrogens is 4. The van der Waals surface area contributed by atoms with Crippen molar-refractivity contribution >= 4 is 41.1 Å². The first-order valence-electron chi connectivity index (χ1n) is 11.0. The summed E-state index contributed by atoms with van der Waals surface area (Å²) in [6, 6.07) is 10.2. The molecular formula is C23H23N7O2. The summed E-state index contributed by atoms with van der Waals surface area (Å²) in [4.78, 5) is 33.1. The molecule has 9 heteroatoms. The average Bonchev–Trinajstić information content (AvgIpc) is 3.71. The fourth-order valence-electron chi connectivity index (χ4n) is 4.28. The number of carbonyl (C=O) groups is 2. The molecule has 2 aliphatic carbocycles. The van der Waals surface area contributed by atoms with Gasteiger partial charge in [-0.3, -0.25) is 14.9 Å². The van der Waals surface area contributed by atoms with Crippen LogP contribution in [0, 0.1) is 11.8 Å². The molecule has 3 aromatic rings. The van der Waals surface area contributed by atoms with Gasteiger partial charge in [0.25, 0.3) is 5.91 Å². The first kappa shape index (κ1) is 19.0. The molecule has 9 nitrogen and oxygen atoms in total. The molecule has 2 aromatic heterocycles. The third-order valence-corrected chi connectivity index (χ3v) is 6.21. The summed E-state index contributed by atoms with van der Waals surface area (Å²) in [6.07, 6.45) is 8.39. The van der Waals surface area contributed by atoms with E-state index in [-0.39, 0.29) is 18.2 Å². The summed E-state index contributed by atoms with van der Waals surface area (Å²) in [5.41, 5.74) is 2.53. The molecule has 32 heavy (non-hydrogen) atoms. The normalized spacial score (nSPS) is 19.7. The smallest absolute Gasteiger partial charge is 0.254 e. The minimum atomic E-state index is -0.369. The van der Waals surface area contributed by atoms with Crippen molar-refractivity contribution in [2.24, 2.45) is 11.8 Å². The van der Waals surface area contributed by atoms with Crippen LogP contribution in [-0.4, -0.2) is 37.4 Å². The molecule has 3 N–H and O–H groups in total. The summed E-state index contributed by atoms with van der Waals surface area (Å²) < 4.78 is 1.63. The monoisotopic (exact) mass is 429 g/mol. The molecule has 0 atom stereocenters. The number of hydrogen-bond acceptors (Lipinski definition) is 7. The SMILES string of the molecule is O=C1CC(=Cc2cnn3c(Nc4ccccc4)nc(NC(C4CC4)C4CC4)nc23)C(=O)N1. The number of nitrogens with one attached hydrogen (secondary N) is 3. The van der Waals surface area contributed by atoms with Gasteiger partial charge in [0.2, 0.25) is 17.8 Å². The van der Waals surface area contributed by atoms with E-state index in [4.69, 9.17) is 9.97 Å². The largest absolute Gasteiger partial charge is 0.351 e. The Morgan fingerprint density at radius 2 is 1.81 bits per heavy atom. The molecule has 3 heterocycles. The van der Waals surface area contributed by atoms with E-state index < -0.39 is 0 Å². The van der Waals surface area contributed by atoms with Crippen LogP contribution >= 0.6 is 0 Å². The summed E-state index contributed by atoms with van der Waals surface area (Å²) in [5.74, 6) is 1.79. The molecule has 0 spiro atoms. The molecule has 0 bridgehead atoms. The van der Waals surface area contributed by atoms with Crippen molar-refractivity contribution in [3.8, 4) is 0 Å². The zero-order chi connectivity index (χ0) is 21.7. The van der Waals surface area contributed by atoms with Gasteiger partial charge in [-0.1, -0.05) is 18.2 Å². The predicted molar refractivity (Wildman–Crippen MR) is 119 cm³/mol. The number of para-hydroxylation sites is 1. The van der Waals surface area contributed by atoms with Crippen molar-refractivity contribution < 1.29 is 9.59 Å². The average molecular weight is 429 g/mol. The molecular weight excluding hydrogens is 406 g/mol. The molecule has 0 unspecified atom stereocenters. The minimum Gasteiger partial charge on any atom is -0.351 e. The zero-order valence-electron chi connectivity index (χ0n) is 17.4. The molecule has 3 fully saturated rings. The van der Waals surface area contributed by atoms with Crippen LogP contribution in [0.1, 0.15) is 37.7 Å². The maximum Gasteiger partial charge on any atom is 0.254 e. The highest BCUT2D eigenvalue weighted by atomic mass is 16.2. The molecule has 1 aliphatic heterocycles. The van der Waals surface area contributed by atoms with Crippen molar-refractivity contribution in [1.82, 2.24) is 24.9 Å². The number of fused-ring (bicyclic) bond motifs is 1. The summed E-state index contributed by atoms with van der Waals surface area (Å²) in [5, 5.41) is 13.7. The number of hydrogen-bond donors (Lipinski definition) is 3. The predicted octanol–water partition coefficient (Wildman–Crippen LogP) is 2.90. The van der Waals surface area contributed by atoms with Gasteiger partial charge in [-0.05, 0) is 55.7 Å². The van der Waals surface area contributed by atoms with Crippen LogP contribution in [0.15, 0.2) is 42.1 Å². The number of rotatable bonds is 7. The Morgan fingerprint density at radius 1 is 1.06 bits per heavy atom. The maximum atomic E-state index is 12.0. The first-order chi connectivity index (χ1) is 15.6. The van der Waals surface area contributed by atoms with Gasteiger partial charge in [-0.2, -0.15) is 19.6 Å². The Kier molecular flexibility index (Phi) is 4.41. The van der Waals surface area contributed by atoms with E-state index in [0.717, 1.165) is 5.69 Å². The molecule has 0 radical (unpaired) electrons. The van der Waals surface area contributed by atoms with Gasteiger partial charge in [0.05, 0.1) is 12.6 Å². The van der Waals surface area contributed by atoms with E-state index in [9.17, 15) is 9.59 Å². The molecule has 162 valence electrons. The molecule has 1 saturated heterocycles. The number of benzene rings is 1. The van der Waals surface area contributed by atoms with Crippen molar-refractivity contribution in [1.29, 1.82) is 0 Å². The molecule has 1 aromatic carbocycles. The Balaban J connectivity index is 1.41. The van der Waals surface area contributed by atoms with Crippen LogP contribution in [0.5, 0.6) is 0 Å². The van der Waals surface area contributed by atoms with E-state index >= 15 is 0 Å². The van der Waals surface area contributed by atoms with Gasteiger partial charge < -0.3 is 10.6 Å². The van der Waals surface area contributed by atoms with E-state index in [2.05, 4.69) is 21.0 Å². The lowest BCUT2D eigenvalue weighted by Gasteiger charge is -2.18. The quantitative estimate of drug-likeness (QED) is 0.391. The first-order valence-corrected chi connectivity index (χ1v) is 11.0. The van der Waals surface area contributed by atoms with Crippen LogP contribution < -0.4 is 16.0 Å². The zero-order valence-corrected chi connectivity index (χ0v) is 17.4. The highest BCUT2D eigenvalue weighted by Crippen LogP contribution is 2.45. The second kappa shape index (κ2) is 7.44. The van der Waals surface area contributed by atoms with E-state index in [1.54, 1.807) is 16.8 Å². The second-order valence-corrected chi connectivity index (χ2v) is 8.77. The van der Waals surface area contributed by atoms with Crippen LogP contribution in [-0.2, 0) is 9.59 Å². The third kappa shape index (κ3) is 3.70. The van der Waals surface area contributed by atoms with Gasteiger partial charge in [-0.25, -0.2) is 0 Å². The van der Waals surface area contributed by atoms with Crippen molar-refractivity contribution in [2.75, 3.05) is 10.6 Å². The van der Waals surface area contributed by atoms with E-state index in [0.29, 0.717) is 46.6 Å². The fourth-order valence-corrected chi connectivity index (χ4v) is 4.28. The maximum absolute atomic E-state index is 12.0. The van der Waals surface area contributed by atoms with Crippen LogP contribution in [0.3, 0.4) is 0 Å². The topological polar surface area (TPSA) is 113 Å². The molecule has 2 amide bonds. The lowest BCUT2D eigenvalue weighted by molar-refractivity contribution is -0.124. The summed E-state index contributed by atoms with van der Waals surface area (Å²) in [7, 11) is 0. The number of amides is 2. The van der Waals surface area contributed by atoms with Crippen molar-refractivity contribution in [2.45, 2.75) is 38.1 Å². The molecule has 3 aliphatic rings. The molecule has 2 saturated carbocycles. The summed E-state index contributed by atoms with van der Waals surface area (Å²) in [6.45, 7) is 0. The van der Waals surface area contributed by atoms with Crippen molar-refractivity contribution in [3.05, 3.63) is 47.7 Å². The summed E-state index contributed by atoms with van der Waals surface area (Å²) >= 11 is 0. The van der Waals surface area contributed by atoms with E-state index in [1.165, 1.54) is 25.7 Å². The Bertz CT molecular complexity index is 1230. The standard InChI is InChI=1S/C23H23N7O2/c31-18-11-15(21(32)26-18)10-16-12-24-30-20(16)28-22(27-19(13-6-7-13)14-8-9-14)29-23(30)25-17-4-2-1-3-5-17/h1-5,10,12-14,19H,6-9,11H2,(H,26,31,32)(H2,25,27,28,29). The van der Waals surface area contributed by atoms with Crippen LogP contribution in [0.4, 0.5) is 17.6 Å². The number of anilines is 3. The van der Waals surface area contributed by atoms with E-state index in [1.807, 2.05) is 30.3 Å².